The molecule has 2 N–H and O–H groups in total. The molecule has 1 aliphatic heterocycles. The molecule has 0 aliphatic carbocycles. The number of thiazole rings is 1. The van der Waals surface area contributed by atoms with Gasteiger partial charge in [-0.2, -0.15) is 0 Å². The summed E-state index contributed by atoms with van der Waals surface area (Å²) in [5, 5.41) is 7.96. The molecule has 1 aromatic heterocycles. The summed E-state index contributed by atoms with van der Waals surface area (Å²) in [6.45, 7) is 11.4. The molecule has 0 aromatic carbocycles. The molecular formula is C16H29N5S. The summed E-state index contributed by atoms with van der Waals surface area (Å²) in [6.07, 6.45) is 2.22. The molecule has 1 fully saturated rings. The van der Waals surface area contributed by atoms with Crippen LogP contribution in [0.3, 0.4) is 0 Å². The van der Waals surface area contributed by atoms with E-state index in [0.29, 0.717) is 5.92 Å². The Morgan fingerprint density at radius 3 is 2.82 bits per heavy atom. The zero-order chi connectivity index (χ0) is 15.9. The summed E-state index contributed by atoms with van der Waals surface area (Å²) < 4.78 is 0. The van der Waals surface area contributed by atoms with Crippen LogP contribution >= 0.6 is 11.3 Å². The van der Waals surface area contributed by atoms with Gasteiger partial charge in [-0.05, 0) is 46.7 Å². The third-order valence-corrected chi connectivity index (χ3v) is 5.18. The van der Waals surface area contributed by atoms with Gasteiger partial charge in [-0.1, -0.05) is 0 Å². The second kappa shape index (κ2) is 8.48. The largest absolute Gasteiger partial charge is 0.357 e. The second-order valence-corrected chi connectivity index (χ2v) is 7.35. The summed E-state index contributed by atoms with van der Waals surface area (Å²) in [7, 11) is 2.19. The molecule has 1 aromatic rings. The number of rotatable bonds is 6. The minimum atomic E-state index is 0.699. The standard InChI is InChI=1S/C16H29N5S/c1-5-17-16(19-10-14-7-9-21(4)11-14)18-8-6-15-20-12(2)13(3)22-15/h14H,5-11H2,1-4H3,(H2,17,18,19). The van der Waals surface area contributed by atoms with Crippen molar-refractivity contribution in [2.75, 3.05) is 39.8 Å². The average Bonchev–Trinajstić information content (AvgIpc) is 3.03. The van der Waals surface area contributed by atoms with Crippen molar-refractivity contribution in [3.8, 4) is 0 Å². The summed E-state index contributed by atoms with van der Waals surface area (Å²) in [6, 6.07) is 0. The van der Waals surface area contributed by atoms with Crippen LogP contribution in [0.1, 0.15) is 28.9 Å². The summed E-state index contributed by atoms with van der Waals surface area (Å²) in [5.74, 6) is 1.63. The fourth-order valence-corrected chi connectivity index (χ4v) is 3.60. The van der Waals surface area contributed by atoms with Gasteiger partial charge in [0.15, 0.2) is 5.96 Å². The zero-order valence-corrected chi connectivity index (χ0v) is 15.1. The van der Waals surface area contributed by atoms with Gasteiger partial charge in [0.25, 0.3) is 0 Å². The molecule has 1 aliphatic rings. The van der Waals surface area contributed by atoms with E-state index in [1.54, 1.807) is 11.3 Å². The van der Waals surface area contributed by atoms with Gasteiger partial charge >= 0.3 is 0 Å². The number of aromatic nitrogens is 1. The van der Waals surface area contributed by atoms with Gasteiger partial charge in [-0.3, -0.25) is 4.99 Å². The van der Waals surface area contributed by atoms with E-state index < -0.39 is 0 Å². The Kier molecular flexibility index (Phi) is 6.64. The first-order valence-electron chi connectivity index (χ1n) is 8.22. The second-order valence-electron chi connectivity index (χ2n) is 6.06. The average molecular weight is 324 g/mol. The maximum absolute atomic E-state index is 4.73. The van der Waals surface area contributed by atoms with Crippen LogP contribution in [-0.2, 0) is 6.42 Å². The summed E-state index contributed by atoms with van der Waals surface area (Å²) >= 11 is 1.80. The lowest BCUT2D eigenvalue weighted by atomic mass is 10.1. The lowest BCUT2D eigenvalue weighted by molar-refractivity contribution is 0.397. The van der Waals surface area contributed by atoms with Gasteiger partial charge in [0, 0.05) is 37.5 Å². The number of nitrogens with zero attached hydrogens (tertiary/aromatic N) is 3. The van der Waals surface area contributed by atoms with Crippen molar-refractivity contribution in [1.82, 2.24) is 20.5 Å². The summed E-state index contributed by atoms with van der Waals surface area (Å²) in [5.41, 5.74) is 1.16. The molecule has 0 spiro atoms. The van der Waals surface area contributed by atoms with E-state index in [1.807, 2.05) is 0 Å². The van der Waals surface area contributed by atoms with Crippen LogP contribution in [-0.4, -0.2) is 55.6 Å². The van der Waals surface area contributed by atoms with Crippen molar-refractivity contribution < 1.29 is 0 Å². The van der Waals surface area contributed by atoms with Crippen LogP contribution in [0.2, 0.25) is 0 Å². The highest BCUT2D eigenvalue weighted by Crippen LogP contribution is 2.16. The minimum Gasteiger partial charge on any atom is -0.357 e. The fourth-order valence-electron chi connectivity index (χ4n) is 2.67. The molecule has 1 saturated heterocycles. The molecule has 6 heteroatoms. The Balaban J connectivity index is 1.78. The normalized spacial score (nSPS) is 19.6. The van der Waals surface area contributed by atoms with Crippen LogP contribution in [0.15, 0.2) is 4.99 Å². The lowest BCUT2D eigenvalue weighted by Gasteiger charge is -2.12. The van der Waals surface area contributed by atoms with Crippen LogP contribution in [0.4, 0.5) is 0 Å². The van der Waals surface area contributed by atoms with E-state index in [1.165, 1.54) is 29.4 Å². The van der Waals surface area contributed by atoms with E-state index in [4.69, 9.17) is 4.99 Å². The van der Waals surface area contributed by atoms with Crippen molar-refractivity contribution >= 4 is 17.3 Å². The third-order valence-electron chi connectivity index (χ3n) is 4.04. The van der Waals surface area contributed by atoms with Crippen molar-refractivity contribution in [3.63, 3.8) is 0 Å². The van der Waals surface area contributed by atoms with Gasteiger partial charge in [0.1, 0.15) is 0 Å². The van der Waals surface area contributed by atoms with Gasteiger partial charge in [-0.15, -0.1) is 11.3 Å². The molecule has 2 heterocycles. The monoisotopic (exact) mass is 323 g/mol. The van der Waals surface area contributed by atoms with E-state index in [9.17, 15) is 0 Å². The number of hydrogen-bond acceptors (Lipinski definition) is 4. The van der Waals surface area contributed by atoms with Gasteiger partial charge in [-0.25, -0.2) is 4.98 Å². The predicted molar refractivity (Wildman–Crippen MR) is 94.9 cm³/mol. The molecule has 22 heavy (non-hydrogen) atoms. The molecule has 124 valence electrons. The van der Waals surface area contributed by atoms with Gasteiger partial charge in [0.2, 0.25) is 0 Å². The molecule has 0 amide bonds. The van der Waals surface area contributed by atoms with Crippen molar-refractivity contribution in [2.24, 2.45) is 10.9 Å². The fraction of sp³-hybridized carbons (Fsp3) is 0.750. The van der Waals surface area contributed by atoms with Crippen molar-refractivity contribution in [1.29, 1.82) is 0 Å². The zero-order valence-electron chi connectivity index (χ0n) is 14.3. The molecular weight excluding hydrogens is 294 g/mol. The van der Waals surface area contributed by atoms with Crippen LogP contribution in [0, 0.1) is 19.8 Å². The molecule has 0 radical (unpaired) electrons. The van der Waals surface area contributed by atoms with Crippen LogP contribution in [0.25, 0.3) is 0 Å². The summed E-state index contributed by atoms with van der Waals surface area (Å²) in [4.78, 5) is 13.0. The highest BCUT2D eigenvalue weighted by molar-refractivity contribution is 7.11. The molecule has 0 saturated carbocycles. The maximum atomic E-state index is 4.73. The van der Waals surface area contributed by atoms with E-state index in [0.717, 1.165) is 37.7 Å². The Bertz CT molecular complexity index is 477. The number of hydrogen-bond donors (Lipinski definition) is 2. The van der Waals surface area contributed by atoms with Crippen LogP contribution in [0.5, 0.6) is 0 Å². The SMILES string of the molecule is CCNC(=NCC1CCN(C)C1)NCCc1nc(C)c(C)s1. The topological polar surface area (TPSA) is 52.6 Å². The van der Waals surface area contributed by atoms with Gasteiger partial charge < -0.3 is 15.5 Å². The van der Waals surface area contributed by atoms with Gasteiger partial charge in [0.05, 0.1) is 10.7 Å². The Labute approximate surface area is 138 Å². The molecule has 1 unspecified atom stereocenters. The Morgan fingerprint density at radius 1 is 1.41 bits per heavy atom. The molecule has 2 rings (SSSR count). The minimum absolute atomic E-state index is 0.699. The highest BCUT2D eigenvalue weighted by Gasteiger charge is 2.18. The first-order valence-corrected chi connectivity index (χ1v) is 9.03. The van der Waals surface area contributed by atoms with E-state index in [2.05, 4.69) is 48.3 Å². The number of nitrogens with one attached hydrogen (secondary N) is 2. The third kappa shape index (κ3) is 5.25. The molecule has 0 bridgehead atoms. The number of aliphatic imine (C=N–C) groups is 1. The van der Waals surface area contributed by atoms with E-state index in [-0.39, 0.29) is 0 Å². The molecule has 1 atom stereocenters. The van der Waals surface area contributed by atoms with Crippen molar-refractivity contribution in [3.05, 3.63) is 15.6 Å². The lowest BCUT2D eigenvalue weighted by Crippen LogP contribution is -2.38. The van der Waals surface area contributed by atoms with E-state index >= 15 is 0 Å². The van der Waals surface area contributed by atoms with Crippen LogP contribution < -0.4 is 10.6 Å². The number of guanidine groups is 1. The first kappa shape index (κ1) is 17.2. The Hall–Kier alpha value is -1.14. The number of likely N-dealkylation sites (tertiary alicyclic amines) is 1. The maximum Gasteiger partial charge on any atom is 0.191 e. The quantitative estimate of drug-likeness (QED) is 0.619. The number of aryl methyl sites for hydroxylation is 2. The molecule has 5 nitrogen and oxygen atoms in total. The predicted octanol–water partition coefficient (Wildman–Crippen LogP) is 1.81. The highest BCUT2D eigenvalue weighted by atomic mass is 32.1. The Morgan fingerprint density at radius 2 is 2.23 bits per heavy atom. The first-order chi connectivity index (χ1) is 10.6. The smallest absolute Gasteiger partial charge is 0.191 e. The van der Waals surface area contributed by atoms with Crippen molar-refractivity contribution in [2.45, 2.75) is 33.6 Å².